The second-order valence-corrected chi connectivity index (χ2v) is 6.83. The van der Waals surface area contributed by atoms with Crippen molar-refractivity contribution >= 4 is 17.5 Å². The molecule has 0 saturated heterocycles. The minimum atomic E-state index is 0.690. The van der Waals surface area contributed by atoms with Crippen molar-refractivity contribution in [3.05, 3.63) is 53.6 Å². The van der Waals surface area contributed by atoms with E-state index in [1.54, 1.807) is 30.7 Å². The third kappa shape index (κ3) is 2.94. The molecule has 0 N–H and O–H groups in total. The van der Waals surface area contributed by atoms with Crippen molar-refractivity contribution in [2.45, 2.75) is 12.1 Å². The summed E-state index contributed by atoms with van der Waals surface area (Å²) in [6.45, 7) is 2.06. The summed E-state index contributed by atoms with van der Waals surface area (Å²) in [6, 6.07) is 13.9. The minimum absolute atomic E-state index is 0.690. The zero-order valence-corrected chi connectivity index (χ0v) is 15.6. The van der Waals surface area contributed by atoms with Gasteiger partial charge in [-0.1, -0.05) is 35.5 Å². The van der Waals surface area contributed by atoms with Gasteiger partial charge >= 0.3 is 0 Å². The highest BCUT2D eigenvalue weighted by Gasteiger charge is 2.22. The van der Waals surface area contributed by atoms with Crippen molar-refractivity contribution in [3.8, 4) is 22.9 Å². The Morgan fingerprint density at radius 3 is 2.69 bits per heavy atom. The van der Waals surface area contributed by atoms with Crippen LogP contribution in [0.25, 0.3) is 11.4 Å². The largest absolute Gasteiger partial charge is 0.497 e. The normalized spacial score (nSPS) is 13.1. The van der Waals surface area contributed by atoms with Gasteiger partial charge in [-0.05, 0) is 31.2 Å². The number of ether oxygens (including phenoxy) is 2. The summed E-state index contributed by atoms with van der Waals surface area (Å²) in [5.41, 5.74) is 3.97. The maximum atomic E-state index is 5.51. The topological polar surface area (TPSA) is 61.5 Å². The Morgan fingerprint density at radius 1 is 1.04 bits per heavy atom. The van der Waals surface area contributed by atoms with Gasteiger partial charge in [-0.25, -0.2) is 0 Å². The fraction of sp³-hybridized carbons (Fsp3) is 0.211. The summed E-state index contributed by atoms with van der Waals surface area (Å²) in [4.78, 5) is 0. The highest BCUT2D eigenvalue weighted by atomic mass is 32.2. The number of fused-ring (bicyclic) bond motifs is 1. The molecule has 0 radical (unpaired) electrons. The van der Waals surface area contributed by atoms with Crippen molar-refractivity contribution in [2.24, 2.45) is 5.10 Å². The second kappa shape index (κ2) is 6.84. The third-order valence-corrected chi connectivity index (χ3v) is 5.10. The molecule has 0 aliphatic carbocycles. The Bertz CT molecular complexity index is 997. The molecule has 1 aliphatic rings. The number of benzene rings is 2. The molecule has 132 valence electrons. The van der Waals surface area contributed by atoms with E-state index in [0.717, 1.165) is 39.3 Å². The Hall–Kier alpha value is -2.80. The lowest BCUT2D eigenvalue weighted by Gasteiger charge is -2.16. The van der Waals surface area contributed by atoms with E-state index < -0.39 is 0 Å². The maximum Gasteiger partial charge on any atom is 0.212 e. The molecule has 6 nitrogen and oxygen atoms in total. The molecule has 0 atom stereocenters. The van der Waals surface area contributed by atoms with Crippen LogP contribution in [-0.2, 0) is 0 Å². The molecule has 1 aromatic heterocycles. The van der Waals surface area contributed by atoms with E-state index in [1.165, 1.54) is 5.56 Å². The second-order valence-electron chi connectivity index (χ2n) is 5.89. The summed E-state index contributed by atoms with van der Waals surface area (Å²) in [6.07, 6.45) is 0. The lowest BCUT2D eigenvalue weighted by atomic mass is 10.1. The zero-order valence-electron chi connectivity index (χ0n) is 14.8. The van der Waals surface area contributed by atoms with Gasteiger partial charge in [0, 0.05) is 16.9 Å². The van der Waals surface area contributed by atoms with Crippen LogP contribution in [0.15, 0.2) is 52.7 Å². The van der Waals surface area contributed by atoms with Crippen molar-refractivity contribution in [2.75, 3.05) is 20.0 Å². The smallest absolute Gasteiger partial charge is 0.212 e. The SMILES string of the molecule is COc1ccc(OC)c(C2=Nn3c(nnc3-c3cccc(C)c3)SC2)c1. The van der Waals surface area contributed by atoms with Gasteiger partial charge in [0.15, 0.2) is 5.82 Å². The number of thioether (sulfide) groups is 1. The van der Waals surface area contributed by atoms with Crippen LogP contribution in [-0.4, -0.2) is 40.6 Å². The maximum absolute atomic E-state index is 5.51. The first-order valence-corrected chi connectivity index (χ1v) is 9.13. The van der Waals surface area contributed by atoms with Gasteiger partial charge in [-0.2, -0.15) is 9.78 Å². The molecule has 2 heterocycles. The van der Waals surface area contributed by atoms with Crippen molar-refractivity contribution in [1.29, 1.82) is 0 Å². The summed E-state index contributed by atoms with van der Waals surface area (Å²) >= 11 is 1.61. The summed E-state index contributed by atoms with van der Waals surface area (Å²) in [5.74, 6) is 2.95. The molecule has 2 aromatic carbocycles. The minimum Gasteiger partial charge on any atom is -0.497 e. The van der Waals surface area contributed by atoms with Crippen LogP contribution in [0.4, 0.5) is 0 Å². The highest BCUT2D eigenvalue weighted by Crippen LogP contribution is 2.32. The highest BCUT2D eigenvalue weighted by molar-refractivity contribution is 7.99. The number of hydrogen-bond acceptors (Lipinski definition) is 6. The van der Waals surface area contributed by atoms with Crippen molar-refractivity contribution in [1.82, 2.24) is 14.9 Å². The molecule has 0 unspecified atom stereocenters. The monoisotopic (exact) mass is 366 g/mol. The van der Waals surface area contributed by atoms with Crippen LogP contribution in [0.5, 0.6) is 11.5 Å². The number of hydrogen-bond donors (Lipinski definition) is 0. The standard InChI is InChI=1S/C19H18N4O2S/c1-12-5-4-6-13(9-12)18-20-21-19-23(18)22-16(11-26-19)15-10-14(24-2)7-8-17(15)25-3/h4-10H,11H2,1-3H3. The molecule has 0 bridgehead atoms. The van der Waals surface area contributed by atoms with E-state index in [0.29, 0.717) is 5.75 Å². The molecule has 4 rings (SSSR count). The first kappa shape index (κ1) is 16.7. The van der Waals surface area contributed by atoms with Crippen LogP contribution < -0.4 is 9.47 Å². The van der Waals surface area contributed by atoms with Crippen molar-refractivity contribution < 1.29 is 9.47 Å². The van der Waals surface area contributed by atoms with Crippen LogP contribution in [0.1, 0.15) is 11.1 Å². The molecule has 3 aromatic rings. The third-order valence-electron chi connectivity index (χ3n) is 4.16. The van der Waals surface area contributed by atoms with Gasteiger partial charge in [0.2, 0.25) is 5.16 Å². The summed E-state index contributed by atoms with van der Waals surface area (Å²) in [7, 11) is 3.31. The van der Waals surface area contributed by atoms with Gasteiger partial charge in [0.1, 0.15) is 11.5 Å². The zero-order chi connectivity index (χ0) is 18.1. The van der Waals surface area contributed by atoms with Crippen LogP contribution >= 0.6 is 11.8 Å². The van der Waals surface area contributed by atoms with E-state index >= 15 is 0 Å². The lowest BCUT2D eigenvalue weighted by Crippen LogP contribution is -2.15. The first-order valence-electron chi connectivity index (χ1n) is 8.15. The first-order chi connectivity index (χ1) is 12.7. The van der Waals surface area contributed by atoms with Crippen LogP contribution in [0.2, 0.25) is 0 Å². The van der Waals surface area contributed by atoms with Gasteiger partial charge in [0.25, 0.3) is 0 Å². The van der Waals surface area contributed by atoms with Crippen LogP contribution in [0, 0.1) is 6.92 Å². The summed E-state index contributed by atoms with van der Waals surface area (Å²) in [5, 5.41) is 14.2. The number of rotatable bonds is 4. The number of methoxy groups -OCH3 is 2. The molecule has 1 aliphatic heterocycles. The average molecular weight is 366 g/mol. The van der Waals surface area contributed by atoms with E-state index in [2.05, 4.69) is 29.3 Å². The van der Waals surface area contributed by atoms with E-state index in [9.17, 15) is 0 Å². The van der Waals surface area contributed by atoms with Gasteiger partial charge in [-0.15, -0.1) is 10.2 Å². The Labute approximate surface area is 155 Å². The average Bonchev–Trinajstić information content (AvgIpc) is 3.10. The molecule has 0 saturated carbocycles. The Balaban J connectivity index is 1.82. The van der Waals surface area contributed by atoms with E-state index in [1.807, 2.05) is 30.3 Å². The summed E-state index contributed by atoms with van der Waals surface area (Å²) < 4.78 is 12.7. The number of aryl methyl sites for hydroxylation is 1. The fourth-order valence-corrected chi connectivity index (χ4v) is 3.69. The number of nitrogens with zero attached hydrogens (tertiary/aromatic N) is 4. The Morgan fingerprint density at radius 2 is 1.92 bits per heavy atom. The molecule has 0 fully saturated rings. The molecule has 0 spiro atoms. The number of aromatic nitrogens is 3. The van der Waals surface area contributed by atoms with Gasteiger partial charge in [0.05, 0.1) is 19.9 Å². The molecule has 0 amide bonds. The van der Waals surface area contributed by atoms with Gasteiger partial charge < -0.3 is 9.47 Å². The Kier molecular flexibility index (Phi) is 4.38. The van der Waals surface area contributed by atoms with Gasteiger partial charge in [-0.3, -0.25) is 0 Å². The predicted octanol–water partition coefficient (Wildman–Crippen LogP) is 3.63. The quantitative estimate of drug-likeness (QED) is 0.706. The predicted molar refractivity (Wildman–Crippen MR) is 102 cm³/mol. The fourth-order valence-electron chi connectivity index (χ4n) is 2.86. The lowest BCUT2D eigenvalue weighted by molar-refractivity contribution is 0.402. The molecule has 7 heteroatoms. The molecular weight excluding hydrogens is 348 g/mol. The van der Waals surface area contributed by atoms with E-state index in [-0.39, 0.29) is 0 Å². The molecular formula is C19H18N4O2S. The van der Waals surface area contributed by atoms with E-state index in [4.69, 9.17) is 14.6 Å². The van der Waals surface area contributed by atoms with Crippen molar-refractivity contribution in [3.63, 3.8) is 0 Å². The molecule has 26 heavy (non-hydrogen) atoms. The van der Waals surface area contributed by atoms with Crippen LogP contribution in [0.3, 0.4) is 0 Å².